The summed E-state index contributed by atoms with van der Waals surface area (Å²) in [7, 11) is 1.55. The van der Waals surface area contributed by atoms with E-state index >= 15 is 0 Å². The van der Waals surface area contributed by atoms with Gasteiger partial charge in [-0.1, -0.05) is 12.1 Å². The lowest BCUT2D eigenvalue weighted by Crippen LogP contribution is -2.12. The normalized spacial score (nSPS) is 12.5. The molecule has 0 spiro atoms. The average molecular weight is 284 g/mol. The SMILES string of the molecule is CCn1ncc(OC)c1C(O)c1cnc2ccccc2n1. The molecule has 6 nitrogen and oxygen atoms in total. The average Bonchev–Trinajstić information content (AvgIpc) is 2.96. The predicted molar refractivity (Wildman–Crippen MR) is 78.1 cm³/mol. The maximum Gasteiger partial charge on any atom is 0.163 e. The van der Waals surface area contributed by atoms with Crippen molar-refractivity contribution in [2.75, 3.05) is 7.11 Å². The summed E-state index contributed by atoms with van der Waals surface area (Å²) in [4.78, 5) is 8.80. The molecule has 0 aliphatic rings. The maximum absolute atomic E-state index is 10.6. The highest BCUT2D eigenvalue weighted by molar-refractivity contribution is 5.73. The van der Waals surface area contributed by atoms with E-state index < -0.39 is 6.10 Å². The fourth-order valence-electron chi connectivity index (χ4n) is 2.31. The van der Waals surface area contributed by atoms with Gasteiger partial charge in [-0.15, -0.1) is 0 Å². The van der Waals surface area contributed by atoms with Crippen LogP contribution in [0.1, 0.15) is 24.4 Å². The summed E-state index contributed by atoms with van der Waals surface area (Å²) < 4.78 is 6.96. The molecule has 0 saturated heterocycles. The van der Waals surface area contributed by atoms with Gasteiger partial charge in [0.05, 0.1) is 36.2 Å². The smallest absolute Gasteiger partial charge is 0.163 e. The van der Waals surface area contributed by atoms with Gasteiger partial charge in [0.2, 0.25) is 0 Å². The molecule has 3 aromatic rings. The summed E-state index contributed by atoms with van der Waals surface area (Å²) in [5.41, 5.74) is 2.60. The molecule has 1 unspecified atom stereocenters. The van der Waals surface area contributed by atoms with Gasteiger partial charge in [0.15, 0.2) is 5.75 Å². The Morgan fingerprint density at radius 1 is 1.24 bits per heavy atom. The second-order valence-corrected chi connectivity index (χ2v) is 4.60. The Morgan fingerprint density at radius 3 is 2.71 bits per heavy atom. The van der Waals surface area contributed by atoms with Crippen molar-refractivity contribution < 1.29 is 9.84 Å². The van der Waals surface area contributed by atoms with Crippen LogP contribution in [0.4, 0.5) is 0 Å². The van der Waals surface area contributed by atoms with Gasteiger partial charge in [-0.2, -0.15) is 5.10 Å². The van der Waals surface area contributed by atoms with Gasteiger partial charge in [-0.05, 0) is 19.1 Å². The van der Waals surface area contributed by atoms with Gasteiger partial charge in [0.25, 0.3) is 0 Å². The third-order valence-electron chi connectivity index (χ3n) is 3.37. The molecule has 0 fully saturated rings. The summed E-state index contributed by atoms with van der Waals surface area (Å²) >= 11 is 0. The second-order valence-electron chi connectivity index (χ2n) is 4.60. The van der Waals surface area contributed by atoms with Crippen LogP contribution in [0.3, 0.4) is 0 Å². The van der Waals surface area contributed by atoms with Crippen molar-refractivity contribution in [3.63, 3.8) is 0 Å². The number of aromatic nitrogens is 4. The van der Waals surface area contributed by atoms with Gasteiger partial charge in [0, 0.05) is 6.54 Å². The van der Waals surface area contributed by atoms with E-state index in [1.807, 2.05) is 31.2 Å². The third-order valence-corrected chi connectivity index (χ3v) is 3.37. The number of benzene rings is 1. The van der Waals surface area contributed by atoms with E-state index in [-0.39, 0.29) is 0 Å². The molecule has 21 heavy (non-hydrogen) atoms. The summed E-state index contributed by atoms with van der Waals surface area (Å²) in [6, 6.07) is 7.55. The number of nitrogens with zero attached hydrogens (tertiary/aromatic N) is 4. The number of aryl methyl sites for hydroxylation is 1. The van der Waals surface area contributed by atoms with Crippen molar-refractivity contribution >= 4 is 11.0 Å². The molecule has 1 N–H and O–H groups in total. The fourth-order valence-corrected chi connectivity index (χ4v) is 2.31. The third kappa shape index (κ3) is 2.34. The molecule has 3 rings (SSSR count). The van der Waals surface area contributed by atoms with E-state index in [2.05, 4.69) is 15.1 Å². The quantitative estimate of drug-likeness (QED) is 0.792. The summed E-state index contributed by atoms with van der Waals surface area (Å²) in [5, 5.41) is 14.8. The van der Waals surface area contributed by atoms with Crippen LogP contribution in [0, 0.1) is 0 Å². The van der Waals surface area contributed by atoms with Crippen molar-refractivity contribution in [2.45, 2.75) is 19.6 Å². The number of methoxy groups -OCH3 is 1. The van der Waals surface area contributed by atoms with Gasteiger partial charge in [-0.3, -0.25) is 9.67 Å². The Balaban J connectivity index is 2.07. The molecule has 1 aromatic carbocycles. The van der Waals surface area contributed by atoms with Crippen LogP contribution in [0.15, 0.2) is 36.7 Å². The first-order valence-electron chi connectivity index (χ1n) is 6.74. The molecular formula is C15H16N4O2. The van der Waals surface area contributed by atoms with Crippen LogP contribution in [0.2, 0.25) is 0 Å². The van der Waals surface area contributed by atoms with Crippen molar-refractivity contribution in [2.24, 2.45) is 0 Å². The Labute approximate surface area is 122 Å². The van der Waals surface area contributed by atoms with E-state index in [9.17, 15) is 5.11 Å². The first-order valence-corrected chi connectivity index (χ1v) is 6.74. The summed E-state index contributed by atoms with van der Waals surface area (Å²) in [6.45, 7) is 2.59. The monoisotopic (exact) mass is 284 g/mol. The van der Waals surface area contributed by atoms with E-state index in [1.165, 1.54) is 0 Å². The minimum absolute atomic E-state index is 0.474. The highest BCUT2D eigenvalue weighted by atomic mass is 16.5. The predicted octanol–water partition coefficient (Wildman–Crippen LogP) is 1.94. The fraction of sp³-hybridized carbons (Fsp3) is 0.267. The largest absolute Gasteiger partial charge is 0.493 e. The Morgan fingerprint density at radius 2 is 2.00 bits per heavy atom. The van der Waals surface area contributed by atoms with Gasteiger partial charge >= 0.3 is 0 Å². The molecule has 0 amide bonds. The van der Waals surface area contributed by atoms with E-state index in [0.717, 1.165) is 11.0 Å². The zero-order valence-electron chi connectivity index (χ0n) is 11.9. The minimum Gasteiger partial charge on any atom is -0.493 e. The lowest BCUT2D eigenvalue weighted by atomic mass is 10.1. The molecule has 2 heterocycles. The lowest BCUT2D eigenvalue weighted by Gasteiger charge is -2.14. The van der Waals surface area contributed by atoms with Crippen LogP contribution < -0.4 is 4.74 Å². The zero-order chi connectivity index (χ0) is 14.8. The van der Waals surface area contributed by atoms with Gasteiger partial charge in [-0.25, -0.2) is 4.98 Å². The number of aliphatic hydroxyl groups is 1. The molecule has 2 aromatic heterocycles. The van der Waals surface area contributed by atoms with Crippen molar-refractivity contribution in [3.8, 4) is 5.75 Å². The minimum atomic E-state index is -0.931. The van der Waals surface area contributed by atoms with Gasteiger partial charge in [0.1, 0.15) is 11.8 Å². The number of aliphatic hydroxyl groups excluding tert-OH is 1. The Kier molecular flexibility index (Phi) is 3.53. The van der Waals surface area contributed by atoms with Crippen LogP contribution in [-0.4, -0.2) is 32.0 Å². The zero-order valence-corrected chi connectivity index (χ0v) is 11.9. The Hall–Kier alpha value is -2.47. The van der Waals surface area contributed by atoms with Crippen LogP contribution in [0.5, 0.6) is 5.75 Å². The number of para-hydroxylation sites is 2. The summed E-state index contributed by atoms with van der Waals surface area (Å²) in [5.74, 6) is 0.541. The molecule has 6 heteroatoms. The number of hydrogen-bond donors (Lipinski definition) is 1. The van der Waals surface area contributed by atoms with Crippen LogP contribution in [-0.2, 0) is 6.54 Å². The highest BCUT2D eigenvalue weighted by Crippen LogP contribution is 2.29. The number of ether oxygens (including phenoxy) is 1. The van der Waals surface area contributed by atoms with E-state index in [4.69, 9.17) is 4.74 Å². The molecule has 0 bridgehead atoms. The molecule has 0 radical (unpaired) electrons. The first kappa shape index (κ1) is 13.5. The van der Waals surface area contributed by atoms with Crippen molar-refractivity contribution in [1.82, 2.24) is 19.7 Å². The highest BCUT2D eigenvalue weighted by Gasteiger charge is 2.22. The molecular weight excluding hydrogens is 268 g/mol. The summed E-state index contributed by atoms with van der Waals surface area (Å²) in [6.07, 6.45) is 2.25. The number of rotatable bonds is 4. The van der Waals surface area contributed by atoms with Crippen LogP contribution >= 0.6 is 0 Å². The molecule has 108 valence electrons. The first-order chi connectivity index (χ1) is 10.2. The molecule has 0 saturated carbocycles. The molecule has 0 aliphatic heterocycles. The van der Waals surface area contributed by atoms with E-state index in [1.54, 1.807) is 24.2 Å². The van der Waals surface area contributed by atoms with E-state index in [0.29, 0.717) is 23.7 Å². The number of hydrogen-bond acceptors (Lipinski definition) is 5. The van der Waals surface area contributed by atoms with Gasteiger partial charge < -0.3 is 9.84 Å². The van der Waals surface area contributed by atoms with Crippen molar-refractivity contribution in [3.05, 3.63) is 48.0 Å². The topological polar surface area (TPSA) is 73.1 Å². The molecule has 1 atom stereocenters. The molecule has 0 aliphatic carbocycles. The standard InChI is InChI=1S/C15H16N4O2/c1-3-19-14(13(21-2)9-17-19)15(20)12-8-16-10-6-4-5-7-11(10)18-12/h4-9,15,20H,3H2,1-2H3. The maximum atomic E-state index is 10.6. The Bertz CT molecular complexity index is 748. The van der Waals surface area contributed by atoms with Crippen molar-refractivity contribution in [1.29, 1.82) is 0 Å². The van der Waals surface area contributed by atoms with Crippen LogP contribution in [0.25, 0.3) is 11.0 Å². The number of fused-ring (bicyclic) bond motifs is 1. The lowest BCUT2D eigenvalue weighted by molar-refractivity contribution is 0.198. The second kappa shape index (κ2) is 5.49.